The van der Waals surface area contributed by atoms with E-state index in [1.54, 1.807) is 11.5 Å². The third-order valence-electron chi connectivity index (χ3n) is 2.35. The summed E-state index contributed by atoms with van der Waals surface area (Å²) in [5.41, 5.74) is -0.0368. The van der Waals surface area contributed by atoms with Crippen LogP contribution in [0.2, 0.25) is 0 Å². The van der Waals surface area contributed by atoms with Crippen LogP contribution >= 0.6 is 15.9 Å². The van der Waals surface area contributed by atoms with Gasteiger partial charge in [-0.25, -0.2) is 4.79 Å². The molecule has 0 saturated heterocycles. The maximum atomic E-state index is 11.5. The summed E-state index contributed by atoms with van der Waals surface area (Å²) in [5.74, 6) is 0. The van der Waals surface area contributed by atoms with E-state index in [4.69, 9.17) is 0 Å². The van der Waals surface area contributed by atoms with E-state index in [9.17, 15) is 9.59 Å². The van der Waals surface area contributed by atoms with Gasteiger partial charge in [-0.3, -0.25) is 14.3 Å². The fourth-order valence-corrected chi connectivity index (χ4v) is 1.64. The van der Waals surface area contributed by atoms with Crippen LogP contribution < -0.4 is 11.2 Å². The smallest absolute Gasteiger partial charge is 0.294 e. The molecule has 0 radical (unpaired) electrons. The Labute approximate surface area is 90.1 Å². The number of H-pyrrole nitrogens is 1. The molecule has 1 rings (SSSR count). The van der Waals surface area contributed by atoms with E-state index in [1.807, 2.05) is 13.8 Å². The van der Waals surface area contributed by atoms with E-state index < -0.39 is 0 Å². The van der Waals surface area contributed by atoms with Gasteiger partial charge in [0.1, 0.15) is 4.47 Å². The number of hydrogen-bond donors (Lipinski definition) is 1. The van der Waals surface area contributed by atoms with Gasteiger partial charge in [0.15, 0.2) is 0 Å². The molecule has 1 aromatic heterocycles. The molecule has 1 aromatic rings. The van der Waals surface area contributed by atoms with Gasteiger partial charge in [-0.05, 0) is 36.2 Å². The van der Waals surface area contributed by atoms with Crippen molar-refractivity contribution in [2.24, 2.45) is 0 Å². The lowest BCUT2D eigenvalue weighted by atomic mass is 10.2. The highest BCUT2D eigenvalue weighted by Gasteiger charge is 2.12. The van der Waals surface area contributed by atoms with E-state index in [0.717, 1.165) is 6.42 Å². The summed E-state index contributed by atoms with van der Waals surface area (Å²) in [6, 6.07) is 0.0932. The van der Waals surface area contributed by atoms with Crippen LogP contribution in [0, 0.1) is 6.92 Å². The van der Waals surface area contributed by atoms with E-state index >= 15 is 0 Å². The number of rotatable bonds is 2. The lowest BCUT2D eigenvalue weighted by Crippen LogP contribution is -2.34. The predicted octanol–water partition coefficient (Wildman–Crippen LogP) is 1.58. The van der Waals surface area contributed by atoms with Crippen LogP contribution in [0.25, 0.3) is 0 Å². The largest absolute Gasteiger partial charge is 0.328 e. The van der Waals surface area contributed by atoms with Gasteiger partial charge in [0.05, 0.1) is 0 Å². The summed E-state index contributed by atoms with van der Waals surface area (Å²) in [5, 5.41) is 0. The highest BCUT2D eigenvalue weighted by atomic mass is 79.9. The second-order valence-corrected chi connectivity index (χ2v) is 4.08. The summed E-state index contributed by atoms with van der Waals surface area (Å²) >= 11 is 3.16. The SMILES string of the molecule is CCC(C)n1c(C)c(Br)c(=O)[nH]c1=O. The molecule has 4 nitrogen and oxygen atoms in total. The average molecular weight is 261 g/mol. The molecular weight excluding hydrogens is 248 g/mol. The van der Waals surface area contributed by atoms with E-state index in [0.29, 0.717) is 10.2 Å². The monoisotopic (exact) mass is 260 g/mol. The van der Waals surface area contributed by atoms with Gasteiger partial charge in [0.25, 0.3) is 5.56 Å². The van der Waals surface area contributed by atoms with Crippen molar-refractivity contribution in [1.29, 1.82) is 0 Å². The standard InChI is InChI=1S/C9H13BrN2O2/c1-4-5(2)12-6(3)7(10)8(13)11-9(12)14/h5H,4H2,1-3H3,(H,11,13,14). The third-order valence-corrected chi connectivity index (χ3v) is 3.28. The Bertz CT molecular complexity index is 447. The zero-order valence-corrected chi connectivity index (χ0v) is 10.0. The first-order valence-electron chi connectivity index (χ1n) is 4.50. The molecule has 0 fully saturated rings. The number of hydrogen-bond acceptors (Lipinski definition) is 2. The highest BCUT2D eigenvalue weighted by molar-refractivity contribution is 9.10. The number of nitrogens with zero attached hydrogens (tertiary/aromatic N) is 1. The van der Waals surface area contributed by atoms with Gasteiger partial charge in [-0.15, -0.1) is 0 Å². The number of halogens is 1. The van der Waals surface area contributed by atoms with Crippen LogP contribution in [0.15, 0.2) is 14.1 Å². The van der Waals surface area contributed by atoms with E-state index in [2.05, 4.69) is 20.9 Å². The quantitative estimate of drug-likeness (QED) is 0.878. The molecule has 1 N–H and O–H groups in total. The molecule has 0 spiro atoms. The van der Waals surface area contributed by atoms with Crippen LogP contribution in [0.5, 0.6) is 0 Å². The second-order valence-electron chi connectivity index (χ2n) is 3.29. The van der Waals surface area contributed by atoms with Crippen molar-refractivity contribution in [3.8, 4) is 0 Å². The van der Waals surface area contributed by atoms with Gasteiger partial charge in [-0.1, -0.05) is 6.92 Å². The van der Waals surface area contributed by atoms with Crippen molar-refractivity contribution in [2.45, 2.75) is 33.2 Å². The number of aromatic nitrogens is 2. The number of nitrogens with one attached hydrogen (secondary N) is 1. The average Bonchev–Trinajstić information content (AvgIpc) is 2.14. The molecule has 78 valence electrons. The Balaban J connectivity index is 3.52. The third kappa shape index (κ3) is 1.82. The Morgan fingerprint density at radius 2 is 2.07 bits per heavy atom. The van der Waals surface area contributed by atoms with Crippen molar-refractivity contribution >= 4 is 15.9 Å². The van der Waals surface area contributed by atoms with Crippen molar-refractivity contribution in [3.63, 3.8) is 0 Å². The summed E-state index contributed by atoms with van der Waals surface area (Å²) < 4.78 is 2.02. The Kier molecular flexibility index (Phi) is 3.31. The maximum Gasteiger partial charge on any atom is 0.328 e. The van der Waals surface area contributed by atoms with Crippen LogP contribution in [-0.2, 0) is 0 Å². The zero-order chi connectivity index (χ0) is 10.9. The zero-order valence-electron chi connectivity index (χ0n) is 8.43. The molecule has 1 atom stereocenters. The summed E-state index contributed by atoms with van der Waals surface area (Å²) in [6.07, 6.45) is 0.846. The second kappa shape index (κ2) is 4.13. The van der Waals surface area contributed by atoms with Crippen molar-refractivity contribution in [1.82, 2.24) is 9.55 Å². The Morgan fingerprint density at radius 3 is 2.57 bits per heavy atom. The first-order valence-corrected chi connectivity index (χ1v) is 5.29. The first-order chi connectivity index (χ1) is 6.49. The summed E-state index contributed by atoms with van der Waals surface area (Å²) in [6.45, 7) is 5.70. The van der Waals surface area contributed by atoms with E-state index in [1.165, 1.54) is 0 Å². The fourth-order valence-electron chi connectivity index (χ4n) is 1.35. The molecule has 1 heterocycles. The summed E-state index contributed by atoms with van der Waals surface area (Å²) in [7, 11) is 0. The number of aromatic amines is 1. The van der Waals surface area contributed by atoms with Gasteiger partial charge < -0.3 is 0 Å². The van der Waals surface area contributed by atoms with Crippen LogP contribution in [-0.4, -0.2) is 9.55 Å². The minimum atomic E-state index is -0.368. The van der Waals surface area contributed by atoms with Crippen LogP contribution in [0.1, 0.15) is 32.0 Å². The topological polar surface area (TPSA) is 54.9 Å². The molecule has 0 aliphatic heterocycles. The normalized spacial score (nSPS) is 12.9. The maximum absolute atomic E-state index is 11.5. The fraction of sp³-hybridized carbons (Fsp3) is 0.556. The molecule has 5 heteroatoms. The molecular formula is C9H13BrN2O2. The molecule has 0 aliphatic carbocycles. The Hall–Kier alpha value is -0.840. The molecule has 0 aromatic carbocycles. The molecule has 14 heavy (non-hydrogen) atoms. The first kappa shape index (κ1) is 11.2. The molecule has 1 unspecified atom stereocenters. The highest BCUT2D eigenvalue weighted by Crippen LogP contribution is 2.14. The van der Waals surface area contributed by atoms with Gasteiger partial charge in [0.2, 0.25) is 0 Å². The molecule has 0 aliphatic rings. The lowest BCUT2D eigenvalue weighted by molar-refractivity contribution is 0.488. The minimum absolute atomic E-state index is 0.0932. The van der Waals surface area contributed by atoms with Crippen molar-refractivity contribution < 1.29 is 0 Å². The van der Waals surface area contributed by atoms with Crippen LogP contribution in [0.4, 0.5) is 0 Å². The lowest BCUT2D eigenvalue weighted by Gasteiger charge is -2.16. The van der Waals surface area contributed by atoms with Gasteiger partial charge in [-0.2, -0.15) is 0 Å². The molecule has 0 saturated carbocycles. The molecule has 0 bridgehead atoms. The van der Waals surface area contributed by atoms with Gasteiger partial charge in [0, 0.05) is 11.7 Å². The van der Waals surface area contributed by atoms with E-state index in [-0.39, 0.29) is 17.3 Å². The molecule has 0 amide bonds. The van der Waals surface area contributed by atoms with Crippen molar-refractivity contribution in [2.75, 3.05) is 0 Å². The van der Waals surface area contributed by atoms with Crippen molar-refractivity contribution in [3.05, 3.63) is 31.0 Å². The van der Waals surface area contributed by atoms with Crippen LogP contribution in [0.3, 0.4) is 0 Å². The minimum Gasteiger partial charge on any atom is -0.294 e. The van der Waals surface area contributed by atoms with Gasteiger partial charge >= 0.3 is 5.69 Å². The summed E-state index contributed by atoms with van der Waals surface area (Å²) in [4.78, 5) is 25.0. The predicted molar refractivity (Wildman–Crippen MR) is 58.8 cm³/mol. The Morgan fingerprint density at radius 1 is 1.50 bits per heavy atom.